The van der Waals surface area contributed by atoms with Crippen LogP contribution in [-0.4, -0.2) is 40.7 Å². The summed E-state index contributed by atoms with van der Waals surface area (Å²) in [5.41, 5.74) is 6.75. The van der Waals surface area contributed by atoms with Gasteiger partial charge in [-0.2, -0.15) is 0 Å². The molecule has 162 valence electrons. The second kappa shape index (κ2) is 8.14. The highest BCUT2D eigenvalue weighted by atomic mass is 32.1. The maximum atomic E-state index is 12.9. The summed E-state index contributed by atoms with van der Waals surface area (Å²) in [6.07, 6.45) is 3.60. The number of nitrogens with zero attached hydrogens (tertiary/aromatic N) is 1. The van der Waals surface area contributed by atoms with Gasteiger partial charge in [-0.25, -0.2) is 4.79 Å². The van der Waals surface area contributed by atoms with Crippen molar-refractivity contribution in [2.75, 3.05) is 11.9 Å². The number of urea groups is 1. The van der Waals surface area contributed by atoms with Crippen molar-refractivity contribution in [3.05, 3.63) is 51.9 Å². The number of thiophene rings is 1. The Labute approximate surface area is 183 Å². The van der Waals surface area contributed by atoms with E-state index in [1.807, 2.05) is 30.3 Å². The number of anilines is 1. The first-order chi connectivity index (χ1) is 14.8. The molecule has 1 saturated heterocycles. The number of aryl methyl sites for hydroxylation is 2. The standard InChI is InChI=1S/C22H24N4O4S/c1-22(11-10-13-6-3-2-4-7-13)20(29)26(21(30)25-22)12-16(27)24-19-17(18(23)28)14-8-5-9-15(14)31-19/h2-4,6-7H,5,8-12H2,1H3,(H2,23,28)(H,24,27)(H,25,30)/t22-/m0/s1. The molecule has 0 saturated carbocycles. The van der Waals surface area contributed by atoms with Crippen molar-refractivity contribution >= 4 is 40.1 Å². The van der Waals surface area contributed by atoms with Crippen molar-refractivity contribution in [1.82, 2.24) is 10.2 Å². The van der Waals surface area contributed by atoms with Crippen molar-refractivity contribution < 1.29 is 19.2 Å². The summed E-state index contributed by atoms with van der Waals surface area (Å²) < 4.78 is 0. The van der Waals surface area contributed by atoms with Gasteiger partial charge in [0.25, 0.3) is 11.8 Å². The molecule has 5 amide bonds. The lowest BCUT2D eigenvalue weighted by molar-refractivity contribution is -0.133. The number of fused-ring (bicyclic) bond motifs is 1. The van der Waals surface area contributed by atoms with Crippen LogP contribution in [0.1, 0.15) is 46.1 Å². The van der Waals surface area contributed by atoms with E-state index in [-0.39, 0.29) is 0 Å². The molecule has 9 heteroatoms. The molecular weight excluding hydrogens is 416 g/mol. The SMILES string of the molecule is C[C@@]1(CCc2ccccc2)NC(=O)N(CC(=O)Nc2sc3c(c2C(N)=O)CCC3)C1=O. The molecule has 0 unspecified atom stereocenters. The quantitative estimate of drug-likeness (QED) is 0.572. The number of carbonyl (C=O) groups is 4. The lowest BCUT2D eigenvalue weighted by Crippen LogP contribution is -2.45. The molecule has 2 aliphatic rings. The first-order valence-corrected chi connectivity index (χ1v) is 11.0. The second-order valence-corrected chi connectivity index (χ2v) is 9.22. The van der Waals surface area contributed by atoms with Gasteiger partial charge >= 0.3 is 6.03 Å². The lowest BCUT2D eigenvalue weighted by atomic mass is 9.93. The molecule has 1 aliphatic carbocycles. The number of primary amides is 1. The number of hydrogen-bond donors (Lipinski definition) is 3. The van der Waals surface area contributed by atoms with Crippen LogP contribution in [0.2, 0.25) is 0 Å². The van der Waals surface area contributed by atoms with Gasteiger partial charge in [0.05, 0.1) is 5.56 Å². The van der Waals surface area contributed by atoms with E-state index in [9.17, 15) is 19.2 Å². The van der Waals surface area contributed by atoms with E-state index in [0.29, 0.717) is 23.4 Å². The zero-order valence-corrected chi connectivity index (χ0v) is 18.0. The van der Waals surface area contributed by atoms with Crippen LogP contribution in [0.5, 0.6) is 0 Å². The number of benzene rings is 1. The Balaban J connectivity index is 1.42. The first kappa shape index (κ1) is 21.0. The number of amides is 5. The third-order valence-electron chi connectivity index (χ3n) is 5.82. The summed E-state index contributed by atoms with van der Waals surface area (Å²) in [5, 5.41) is 5.79. The summed E-state index contributed by atoms with van der Waals surface area (Å²) >= 11 is 1.33. The average molecular weight is 441 g/mol. The normalized spacial score (nSPS) is 20.0. The zero-order chi connectivity index (χ0) is 22.2. The molecule has 0 radical (unpaired) electrons. The molecule has 1 aromatic carbocycles. The average Bonchev–Trinajstić information content (AvgIpc) is 3.36. The molecule has 2 aromatic rings. The molecule has 31 heavy (non-hydrogen) atoms. The predicted octanol–water partition coefficient (Wildman–Crippen LogP) is 2.22. The fraction of sp³-hybridized carbons (Fsp3) is 0.364. The van der Waals surface area contributed by atoms with Crippen LogP contribution < -0.4 is 16.4 Å². The number of nitrogens with one attached hydrogen (secondary N) is 2. The summed E-state index contributed by atoms with van der Waals surface area (Å²) in [6.45, 7) is 1.25. The molecular formula is C22H24N4O4S. The molecule has 8 nitrogen and oxygen atoms in total. The first-order valence-electron chi connectivity index (χ1n) is 10.2. The fourth-order valence-corrected chi connectivity index (χ4v) is 5.47. The van der Waals surface area contributed by atoms with Gasteiger partial charge in [0.2, 0.25) is 5.91 Å². The molecule has 1 aromatic heterocycles. The lowest BCUT2D eigenvalue weighted by Gasteiger charge is -2.21. The minimum absolute atomic E-state index is 0.343. The molecule has 1 fully saturated rings. The number of imide groups is 1. The van der Waals surface area contributed by atoms with E-state index in [1.54, 1.807) is 6.92 Å². The van der Waals surface area contributed by atoms with Gasteiger partial charge < -0.3 is 16.4 Å². The Morgan fingerprint density at radius 1 is 1.23 bits per heavy atom. The summed E-state index contributed by atoms with van der Waals surface area (Å²) in [5.74, 6) is -1.57. The van der Waals surface area contributed by atoms with Gasteiger partial charge in [-0.15, -0.1) is 11.3 Å². The number of carbonyl (C=O) groups excluding carboxylic acids is 4. The van der Waals surface area contributed by atoms with Crippen molar-refractivity contribution in [3.8, 4) is 0 Å². The summed E-state index contributed by atoms with van der Waals surface area (Å²) in [6, 6.07) is 9.09. The van der Waals surface area contributed by atoms with Gasteiger partial charge in [-0.3, -0.25) is 19.3 Å². The van der Waals surface area contributed by atoms with Gasteiger partial charge in [-0.05, 0) is 50.2 Å². The Morgan fingerprint density at radius 2 is 1.97 bits per heavy atom. The van der Waals surface area contributed by atoms with Crippen LogP contribution in [0.25, 0.3) is 0 Å². The zero-order valence-electron chi connectivity index (χ0n) is 17.2. The third kappa shape index (κ3) is 4.05. The largest absolute Gasteiger partial charge is 0.365 e. The number of nitrogens with two attached hydrogens (primary N) is 1. The molecule has 4 N–H and O–H groups in total. The van der Waals surface area contributed by atoms with Crippen molar-refractivity contribution in [1.29, 1.82) is 0 Å². The van der Waals surface area contributed by atoms with Crippen LogP contribution in [0.3, 0.4) is 0 Å². The van der Waals surface area contributed by atoms with Crippen LogP contribution in [0, 0.1) is 0 Å². The van der Waals surface area contributed by atoms with E-state index < -0.39 is 35.8 Å². The molecule has 0 spiro atoms. The maximum Gasteiger partial charge on any atom is 0.325 e. The van der Waals surface area contributed by atoms with Crippen molar-refractivity contribution in [3.63, 3.8) is 0 Å². The summed E-state index contributed by atoms with van der Waals surface area (Å²) in [7, 11) is 0. The Kier molecular flexibility index (Phi) is 5.53. The fourth-order valence-electron chi connectivity index (χ4n) is 4.16. The molecule has 0 bridgehead atoms. The number of hydrogen-bond acceptors (Lipinski definition) is 5. The Hall–Kier alpha value is -3.20. The van der Waals surface area contributed by atoms with Crippen LogP contribution in [-0.2, 0) is 28.9 Å². The van der Waals surface area contributed by atoms with E-state index in [1.165, 1.54) is 11.3 Å². The topological polar surface area (TPSA) is 122 Å². The predicted molar refractivity (Wildman–Crippen MR) is 117 cm³/mol. The molecule has 1 aliphatic heterocycles. The van der Waals surface area contributed by atoms with E-state index in [4.69, 9.17) is 5.73 Å². The molecule has 2 heterocycles. The molecule has 4 rings (SSSR count). The highest BCUT2D eigenvalue weighted by molar-refractivity contribution is 7.17. The van der Waals surface area contributed by atoms with Gasteiger partial charge in [0.15, 0.2) is 0 Å². The van der Waals surface area contributed by atoms with Crippen LogP contribution in [0.4, 0.5) is 9.80 Å². The molecule has 1 atom stereocenters. The highest BCUT2D eigenvalue weighted by Gasteiger charge is 2.47. The monoisotopic (exact) mass is 440 g/mol. The Bertz CT molecular complexity index is 1060. The Morgan fingerprint density at radius 3 is 2.68 bits per heavy atom. The second-order valence-electron chi connectivity index (χ2n) is 8.11. The van der Waals surface area contributed by atoms with Gasteiger partial charge in [0.1, 0.15) is 17.1 Å². The smallest absolute Gasteiger partial charge is 0.325 e. The van der Waals surface area contributed by atoms with Gasteiger partial charge in [-0.1, -0.05) is 30.3 Å². The minimum atomic E-state index is -1.07. The third-order valence-corrected chi connectivity index (χ3v) is 7.03. The van der Waals surface area contributed by atoms with Gasteiger partial charge in [0, 0.05) is 4.88 Å². The summed E-state index contributed by atoms with van der Waals surface area (Å²) in [4.78, 5) is 51.8. The van der Waals surface area contributed by atoms with Crippen molar-refractivity contribution in [2.24, 2.45) is 5.73 Å². The van der Waals surface area contributed by atoms with Crippen LogP contribution in [0.15, 0.2) is 30.3 Å². The maximum absolute atomic E-state index is 12.9. The van der Waals surface area contributed by atoms with E-state index in [2.05, 4.69) is 10.6 Å². The minimum Gasteiger partial charge on any atom is -0.365 e. The van der Waals surface area contributed by atoms with Crippen molar-refractivity contribution in [2.45, 2.75) is 44.6 Å². The van der Waals surface area contributed by atoms with E-state index in [0.717, 1.165) is 40.2 Å². The van der Waals surface area contributed by atoms with E-state index >= 15 is 0 Å². The van der Waals surface area contributed by atoms with Crippen LogP contribution >= 0.6 is 11.3 Å². The highest BCUT2D eigenvalue weighted by Crippen LogP contribution is 2.38. The number of rotatable bonds is 7.